The molecule has 0 radical (unpaired) electrons. The van der Waals surface area contributed by atoms with Crippen molar-refractivity contribution in [3.8, 4) is 0 Å². The molecule has 0 saturated carbocycles. The SMILES string of the molecule is NC(=O)c1nccnc1NCc1ccccc1CC(=O)O. The number of rotatable bonds is 6. The second kappa shape index (κ2) is 6.47. The predicted molar refractivity (Wildman–Crippen MR) is 75.7 cm³/mol. The van der Waals surface area contributed by atoms with Crippen molar-refractivity contribution in [1.82, 2.24) is 9.97 Å². The van der Waals surface area contributed by atoms with Gasteiger partial charge in [-0.25, -0.2) is 9.97 Å². The van der Waals surface area contributed by atoms with Crippen molar-refractivity contribution in [2.75, 3.05) is 5.32 Å². The van der Waals surface area contributed by atoms with Crippen molar-refractivity contribution < 1.29 is 14.7 Å². The van der Waals surface area contributed by atoms with Gasteiger partial charge in [-0.2, -0.15) is 0 Å². The Labute approximate surface area is 120 Å². The number of benzene rings is 1. The molecule has 1 aromatic heterocycles. The van der Waals surface area contributed by atoms with Crippen LogP contribution in [0.2, 0.25) is 0 Å². The number of amides is 1. The summed E-state index contributed by atoms with van der Waals surface area (Å²) in [7, 11) is 0. The van der Waals surface area contributed by atoms with E-state index in [9.17, 15) is 9.59 Å². The van der Waals surface area contributed by atoms with E-state index >= 15 is 0 Å². The van der Waals surface area contributed by atoms with Gasteiger partial charge >= 0.3 is 5.97 Å². The number of hydrogen-bond donors (Lipinski definition) is 3. The molecule has 108 valence electrons. The van der Waals surface area contributed by atoms with Crippen LogP contribution in [0.5, 0.6) is 0 Å². The van der Waals surface area contributed by atoms with Crippen molar-refractivity contribution >= 4 is 17.7 Å². The Morgan fingerprint density at radius 2 is 1.81 bits per heavy atom. The van der Waals surface area contributed by atoms with Gasteiger partial charge in [0.05, 0.1) is 6.42 Å². The molecule has 4 N–H and O–H groups in total. The highest BCUT2D eigenvalue weighted by Crippen LogP contribution is 2.13. The maximum atomic E-state index is 11.2. The lowest BCUT2D eigenvalue weighted by Gasteiger charge is -2.11. The highest BCUT2D eigenvalue weighted by Gasteiger charge is 2.11. The molecule has 0 aliphatic rings. The Bertz CT molecular complexity index is 673. The maximum absolute atomic E-state index is 11.2. The van der Waals surface area contributed by atoms with E-state index in [1.165, 1.54) is 12.4 Å². The number of carbonyl (C=O) groups is 2. The van der Waals surface area contributed by atoms with E-state index in [2.05, 4.69) is 15.3 Å². The molecule has 1 aromatic carbocycles. The molecule has 1 heterocycles. The predicted octanol–water partition coefficient (Wildman–Crippen LogP) is 0.815. The van der Waals surface area contributed by atoms with Gasteiger partial charge < -0.3 is 16.2 Å². The Morgan fingerprint density at radius 3 is 2.48 bits per heavy atom. The molecule has 0 atom stereocenters. The Kier molecular flexibility index (Phi) is 4.45. The summed E-state index contributed by atoms with van der Waals surface area (Å²) in [5.41, 5.74) is 6.77. The average Bonchev–Trinajstić information content (AvgIpc) is 2.46. The normalized spacial score (nSPS) is 10.1. The summed E-state index contributed by atoms with van der Waals surface area (Å²) >= 11 is 0. The second-order valence-electron chi connectivity index (χ2n) is 4.31. The van der Waals surface area contributed by atoms with Crippen molar-refractivity contribution in [3.63, 3.8) is 0 Å². The van der Waals surface area contributed by atoms with Gasteiger partial charge in [0.15, 0.2) is 11.5 Å². The van der Waals surface area contributed by atoms with Crippen LogP contribution >= 0.6 is 0 Å². The van der Waals surface area contributed by atoms with Crippen LogP contribution in [0.25, 0.3) is 0 Å². The number of anilines is 1. The fourth-order valence-corrected chi connectivity index (χ4v) is 1.89. The van der Waals surface area contributed by atoms with Crippen LogP contribution in [-0.2, 0) is 17.8 Å². The zero-order valence-electron chi connectivity index (χ0n) is 11.1. The van der Waals surface area contributed by atoms with Crippen LogP contribution in [0.3, 0.4) is 0 Å². The molecule has 21 heavy (non-hydrogen) atoms. The summed E-state index contributed by atoms with van der Waals surface area (Å²) < 4.78 is 0. The first kappa shape index (κ1) is 14.4. The number of hydrogen-bond acceptors (Lipinski definition) is 5. The van der Waals surface area contributed by atoms with Gasteiger partial charge in [-0.15, -0.1) is 0 Å². The molecule has 0 spiro atoms. The smallest absolute Gasteiger partial charge is 0.307 e. The van der Waals surface area contributed by atoms with Gasteiger partial charge in [0.2, 0.25) is 0 Å². The summed E-state index contributed by atoms with van der Waals surface area (Å²) in [6.45, 7) is 0.322. The number of carboxylic acid groups (broad SMARTS) is 1. The minimum atomic E-state index is -0.903. The third kappa shape index (κ3) is 3.75. The number of nitrogens with two attached hydrogens (primary N) is 1. The van der Waals surface area contributed by atoms with Crippen molar-refractivity contribution in [2.24, 2.45) is 5.73 Å². The van der Waals surface area contributed by atoms with Crippen LogP contribution < -0.4 is 11.1 Å². The van der Waals surface area contributed by atoms with Gasteiger partial charge in [0.1, 0.15) is 0 Å². The van der Waals surface area contributed by atoms with Crippen LogP contribution in [0, 0.1) is 0 Å². The third-order valence-corrected chi connectivity index (χ3v) is 2.84. The number of carboxylic acids is 1. The van der Waals surface area contributed by atoms with E-state index in [0.29, 0.717) is 12.1 Å². The number of carbonyl (C=O) groups excluding carboxylic acids is 1. The quantitative estimate of drug-likeness (QED) is 0.723. The van der Waals surface area contributed by atoms with E-state index in [1.54, 1.807) is 12.1 Å². The van der Waals surface area contributed by atoms with Gasteiger partial charge in [-0.05, 0) is 11.1 Å². The molecule has 7 nitrogen and oxygen atoms in total. The standard InChI is InChI=1S/C14H14N4O3/c15-13(21)12-14(17-6-5-16-12)18-8-10-4-2-1-3-9(10)7-11(19)20/h1-6H,7-8H2,(H2,15,21)(H,17,18)(H,19,20). The number of primary amides is 1. The van der Waals surface area contributed by atoms with Gasteiger partial charge in [0, 0.05) is 18.9 Å². The number of nitrogens with one attached hydrogen (secondary N) is 1. The highest BCUT2D eigenvalue weighted by atomic mass is 16.4. The molecule has 2 aromatic rings. The van der Waals surface area contributed by atoms with Crippen molar-refractivity contribution in [3.05, 3.63) is 53.5 Å². The Balaban J connectivity index is 2.17. The van der Waals surface area contributed by atoms with Gasteiger partial charge in [-0.1, -0.05) is 24.3 Å². The molecule has 0 aliphatic heterocycles. The monoisotopic (exact) mass is 286 g/mol. The van der Waals surface area contributed by atoms with E-state index in [0.717, 1.165) is 5.56 Å². The minimum absolute atomic E-state index is 0.0493. The lowest BCUT2D eigenvalue weighted by Crippen LogP contribution is -2.17. The summed E-state index contributed by atoms with van der Waals surface area (Å²) in [5.74, 6) is -1.31. The average molecular weight is 286 g/mol. The largest absolute Gasteiger partial charge is 0.481 e. The van der Waals surface area contributed by atoms with E-state index in [1.807, 2.05) is 12.1 Å². The molecule has 0 bridgehead atoms. The second-order valence-corrected chi connectivity index (χ2v) is 4.31. The van der Waals surface area contributed by atoms with E-state index in [4.69, 9.17) is 10.8 Å². The van der Waals surface area contributed by atoms with E-state index < -0.39 is 11.9 Å². The molecule has 0 saturated heterocycles. The molecule has 1 amide bonds. The van der Waals surface area contributed by atoms with Crippen LogP contribution in [0.4, 0.5) is 5.82 Å². The summed E-state index contributed by atoms with van der Waals surface area (Å²) in [4.78, 5) is 30.0. The molecule has 0 unspecified atom stereocenters. The summed E-state index contributed by atoms with van der Waals surface area (Å²) in [6.07, 6.45) is 2.75. The summed E-state index contributed by atoms with van der Waals surface area (Å²) in [6, 6.07) is 7.15. The van der Waals surface area contributed by atoms with Gasteiger partial charge in [-0.3, -0.25) is 9.59 Å². The van der Waals surface area contributed by atoms with Crippen LogP contribution in [-0.4, -0.2) is 27.0 Å². The first-order chi connectivity index (χ1) is 10.1. The Hall–Kier alpha value is -2.96. The zero-order chi connectivity index (χ0) is 15.2. The molecule has 2 rings (SSSR count). The molecular weight excluding hydrogens is 272 g/mol. The molecule has 7 heteroatoms. The third-order valence-electron chi connectivity index (χ3n) is 2.84. The zero-order valence-corrected chi connectivity index (χ0v) is 11.1. The number of nitrogens with zero attached hydrogens (tertiary/aromatic N) is 2. The van der Waals surface area contributed by atoms with Crippen molar-refractivity contribution in [1.29, 1.82) is 0 Å². The molecular formula is C14H14N4O3. The lowest BCUT2D eigenvalue weighted by atomic mass is 10.0. The highest BCUT2D eigenvalue weighted by molar-refractivity contribution is 5.95. The minimum Gasteiger partial charge on any atom is -0.481 e. The van der Waals surface area contributed by atoms with Crippen molar-refractivity contribution in [2.45, 2.75) is 13.0 Å². The molecule has 0 aliphatic carbocycles. The first-order valence-corrected chi connectivity index (χ1v) is 6.21. The fourth-order valence-electron chi connectivity index (χ4n) is 1.89. The first-order valence-electron chi connectivity index (χ1n) is 6.21. The molecule has 0 fully saturated rings. The fraction of sp³-hybridized carbons (Fsp3) is 0.143. The van der Waals surface area contributed by atoms with Crippen LogP contribution in [0.15, 0.2) is 36.7 Å². The van der Waals surface area contributed by atoms with Gasteiger partial charge in [0.25, 0.3) is 5.91 Å². The van der Waals surface area contributed by atoms with E-state index in [-0.39, 0.29) is 17.9 Å². The van der Waals surface area contributed by atoms with Crippen LogP contribution in [0.1, 0.15) is 21.6 Å². The lowest BCUT2D eigenvalue weighted by molar-refractivity contribution is -0.136. The Morgan fingerprint density at radius 1 is 1.14 bits per heavy atom. The summed E-state index contributed by atoms with van der Waals surface area (Å²) in [5, 5.41) is 11.8. The number of aliphatic carboxylic acids is 1. The topological polar surface area (TPSA) is 118 Å². The maximum Gasteiger partial charge on any atom is 0.307 e. The number of aromatic nitrogens is 2.